The van der Waals surface area contributed by atoms with Gasteiger partial charge in [0, 0.05) is 42.3 Å². The van der Waals surface area contributed by atoms with Crippen LogP contribution in [0.5, 0.6) is 5.75 Å². The largest absolute Gasteiger partial charge is 0.496 e. The first-order valence-electron chi connectivity index (χ1n) is 9.32. The molecular weight excluding hydrogens is 418 g/mol. The van der Waals surface area contributed by atoms with Crippen molar-refractivity contribution in [3.63, 3.8) is 0 Å². The minimum absolute atomic E-state index is 0.0123. The van der Waals surface area contributed by atoms with E-state index in [1.54, 1.807) is 7.11 Å². The summed E-state index contributed by atoms with van der Waals surface area (Å²) in [6, 6.07) is 14.1. The van der Waals surface area contributed by atoms with Crippen LogP contribution in [0.3, 0.4) is 0 Å². The highest BCUT2D eigenvalue weighted by molar-refractivity contribution is 9.10. The second kappa shape index (κ2) is 9.26. The summed E-state index contributed by atoms with van der Waals surface area (Å²) in [5.41, 5.74) is 3.11. The SMILES string of the molecule is COc1ccc(CCC(=O)Nc2ccc3c(ccn3CCN(C)C)c2)cc1Br. The Kier molecular flexibility index (Phi) is 6.75. The molecule has 1 N–H and O–H groups in total. The maximum Gasteiger partial charge on any atom is 0.224 e. The molecule has 1 heterocycles. The lowest BCUT2D eigenvalue weighted by atomic mass is 10.1. The Balaban J connectivity index is 1.59. The zero-order valence-electron chi connectivity index (χ0n) is 16.5. The number of halogens is 1. The summed E-state index contributed by atoms with van der Waals surface area (Å²) >= 11 is 3.48. The van der Waals surface area contributed by atoms with Gasteiger partial charge in [-0.15, -0.1) is 0 Å². The zero-order valence-corrected chi connectivity index (χ0v) is 18.1. The first-order valence-corrected chi connectivity index (χ1v) is 10.1. The van der Waals surface area contributed by atoms with E-state index in [2.05, 4.69) is 63.1 Å². The van der Waals surface area contributed by atoms with Gasteiger partial charge in [0.05, 0.1) is 11.6 Å². The van der Waals surface area contributed by atoms with Crippen LogP contribution in [0.25, 0.3) is 10.9 Å². The van der Waals surface area contributed by atoms with Gasteiger partial charge in [-0.05, 0) is 78.4 Å². The molecule has 5 nitrogen and oxygen atoms in total. The summed E-state index contributed by atoms with van der Waals surface area (Å²) in [5, 5.41) is 4.14. The number of nitrogens with zero attached hydrogens (tertiary/aromatic N) is 2. The van der Waals surface area contributed by atoms with E-state index in [1.807, 2.05) is 30.3 Å². The summed E-state index contributed by atoms with van der Waals surface area (Å²) in [5.74, 6) is 0.803. The first kappa shape index (κ1) is 20.4. The van der Waals surface area contributed by atoms with Crippen LogP contribution in [0.4, 0.5) is 5.69 Å². The second-order valence-corrected chi connectivity index (χ2v) is 7.96. The monoisotopic (exact) mass is 443 g/mol. The number of anilines is 1. The third-order valence-corrected chi connectivity index (χ3v) is 5.32. The van der Waals surface area contributed by atoms with Crippen molar-refractivity contribution in [2.45, 2.75) is 19.4 Å². The quantitative estimate of drug-likeness (QED) is 0.555. The summed E-state index contributed by atoms with van der Waals surface area (Å²) in [4.78, 5) is 14.5. The number of carbonyl (C=O) groups is 1. The number of aryl methyl sites for hydroxylation is 1. The fraction of sp³-hybridized carbons (Fsp3) is 0.318. The van der Waals surface area contributed by atoms with E-state index < -0.39 is 0 Å². The number of hydrogen-bond donors (Lipinski definition) is 1. The highest BCUT2D eigenvalue weighted by Crippen LogP contribution is 2.26. The molecule has 0 spiro atoms. The van der Waals surface area contributed by atoms with Crippen LogP contribution in [0.15, 0.2) is 53.1 Å². The summed E-state index contributed by atoms with van der Waals surface area (Å²) < 4.78 is 8.38. The standard InChI is InChI=1S/C22H26BrN3O2/c1-25(2)12-13-26-11-10-17-15-18(6-7-20(17)26)24-22(27)9-5-16-4-8-21(28-3)19(23)14-16/h4,6-8,10-11,14-15H,5,9,12-13H2,1-3H3,(H,24,27). The van der Waals surface area contributed by atoms with Crippen molar-refractivity contribution < 1.29 is 9.53 Å². The average molecular weight is 444 g/mol. The summed E-state index contributed by atoms with van der Waals surface area (Å²) in [6.45, 7) is 1.93. The van der Waals surface area contributed by atoms with Crippen LogP contribution in [0.2, 0.25) is 0 Å². The maximum absolute atomic E-state index is 12.4. The van der Waals surface area contributed by atoms with E-state index in [1.165, 1.54) is 5.52 Å². The van der Waals surface area contributed by atoms with Crippen molar-refractivity contribution in [3.05, 3.63) is 58.7 Å². The van der Waals surface area contributed by atoms with E-state index in [9.17, 15) is 4.79 Å². The average Bonchev–Trinajstić information content (AvgIpc) is 3.07. The molecule has 28 heavy (non-hydrogen) atoms. The van der Waals surface area contributed by atoms with Gasteiger partial charge in [0.15, 0.2) is 0 Å². The number of aromatic nitrogens is 1. The van der Waals surface area contributed by atoms with Crippen LogP contribution < -0.4 is 10.1 Å². The highest BCUT2D eigenvalue weighted by atomic mass is 79.9. The fourth-order valence-corrected chi connectivity index (χ4v) is 3.72. The number of carbonyl (C=O) groups excluding carboxylic acids is 1. The summed E-state index contributed by atoms with van der Waals surface area (Å²) in [6.07, 6.45) is 3.21. The fourth-order valence-electron chi connectivity index (χ4n) is 3.13. The molecule has 1 aromatic heterocycles. The molecule has 6 heteroatoms. The van der Waals surface area contributed by atoms with E-state index >= 15 is 0 Å². The second-order valence-electron chi connectivity index (χ2n) is 7.10. The Labute approximate surface area is 174 Å². The van der Waals surface area contributed by atoms with Gasteiger partial charge in [-0.3, -0.25) is 4.79 Å². The van der Waals surface area contributed by atoms with Crippen LogP contribution in [0.1, 0.15) is 12.0 Å². The number of likely N-dealkylation sites (N-methyl/N-ethyl adjacent to an activating group) is 1. The van der Waals surface area contributed by atoms with E-state index in [0.717, 1.165) is 39.9 Å². The van der Waals surface area contributed by atoms with E-state index in [4.69, 9.17) is 4.74 Å². The molecule has 148 valence electrons. The van der Waals surface area contributed by atoms with Gasteiger partial charge in [0.2, 0.25) is 5.91 Å². The molecule has 1 amide bonds. The molecule has 0 saturated heterocycles. The zero-order chi connectivity index (χ0) is 20.1. The third kappa shape index (κ3) is 5.14. The number of hydrogen-bond acceptors (Lipinski definition) is 3. The molecular formula is C22H26BrN3O2. The molecule has 0 fully saturated rings. The van der Waals surface area contributed by atoms with Crippen molar-refractivity contribution in [3.8, 4) is 5.75 Å². The molecule has 0 aliphatic rings. The molecule has 3 rings (SSSR count). The smallest absolute Gasteiger partial charge is 0.224 e. The molecule has 0 aliphatic heterocycles. The van der Waals surface area contributed by atoms with Crippen molar-refractivity contribution in [1.29, 1.82) is 0 Å². The lowest BCUT2D eigenvalue weighted by molar-refractivity contribution is -0.116. The first-order chi connectivity index (χ1) is 13.5. The topological polar surface area (TPSA) is 46.5 Å². The van der Waals surface area contributed by atoms with Crippen LogP contribution in [-0.2, 0) is 17.8 Å². The Morgan fingerprint density at radius 2 is 2.00 bits per heavy atom. The number of amides is 1. The van der Waals surface area contributed by atoms with Crippen LogP contribution in [-0.4, -0.2) is 43.1 Å². The highest BCUT2D eigenvalue weighted by Gasteiger charge is 2.08. The number of rotatable bonds is 8. The molecule has 0 unspecified atom stereocenters. The van der Waals surface area contributed by atoms with Gasteiger partial charge >= 0.3 is 0 Å². The Morgan fingerprint density at radius 1 is 1.18 bits per heavy atom. The van der Waals surface area contributed by atoms with E-state index in [0.29, 0.717) is 12.8 Å². The number of ether oxygens (including phenoxy) is 1. The molecule has 0 bridgehead atoms. The maximum atomic E-state index is 12.4. The lowest BCUT2D eigenvalue weighted by Crippen LogP contribution is -2.17. The Bertz CT molecular complexity index is 966. The predicted octanol–water partition coefficient (Wildman–Crippen LogP) is 4.55. The van der Waals surface area contributed by atoms with E-state index in [-0.39, 0.29) is 5.91 Å². The molecule has 0 saturated carbocycles. The van der Waals surface area contributed by atoms with Crippen molar-refractivity contribution in [2.75, 3.05) is 33.1 Å². The molecule has 0 atom stereocenters. The molecule has 3 aromatic rings. The molecule has 0 aliphatic carbocycles. The minimum Gasteiger partial charge on any atom is -0.496 e. The van der Waals surface area contributed by atoms with Gasteiger partial charge in [-0.25, -0.2) is 0 Å². The van der Waals surface area contributed by atoms with Crippen LogP contribution in [0, 0.1) is 0 Å². The van der Waals surface area contributed by atoms with Crippen molar-refractivity contribution in [1.82, 2.24) is 9.47 Å². The van der Waals surface area contributed by atoms with Crippen molar-refractivity contribution >= 4 is 38.4 Å². The van der Waals surface area contributed by atoms with Crippen LogP contribution >= 0.6 is 15.9 Å². The lowest BCUT2D eigenvalue weighted by Gasteiger charge is -2.11. The van der Waals surface area contributed by atoms with Crippen molar-refractivity contribution in [2.24, 2.45) is 0 Å². The van der Waals surface area contributed by atoms with Gasteiger partial charge in [-0.2, -0.15) is 0 Å². The Hall–Kier alpha value is -2.31. The predicted molar refractivity (Wildman–Crippen MR) is 118 cm³/mol. The number of methoxy groups -OCH3 is 1. The third-order valence-electron chi connectivity index (χ3n) is 4.70. The summed E-state index contributed by atoms with van der Waals surface area (Å²) in [7, 11) is 5.79. The number of nitrogens with one attached hydrogen (secondary N) is 1. The molecule has 2 aromatic carbocycles. The Morgan fingerprint density at radius 3 is 2.71 bits per heavy atom. The number of fused-ring (bicyclic) bond motifs is 1. The number of benzene rings is 2. The van der Waals surface area contributed by atoms with Gasteiger partial charge < -0.3 is 19.5 Å². The molecule has 0 radical (unpaired) electrons. The normalized spacial score (nSPS) is 11.2. The van der Waals surface area contributed by atoms with Gasteiger partial charge in [0.1, 0.15) is 5.75 Å². The van der Waals surface area contributed by atoms with Gasteiger partial charge in [-0.1, -0.05) is 6.07 Å². The van der Waals surface area contributed by atoms with Gasteiger partial charge in [0.25, 0.3) is 0 Å². The minimum atomic E-state index is 0.0123.